The van der Waals surface area contributed by atoms with E-state index in [1.165, 1.54) is 7.11 Å². The molecule has 0 saturated carbocycles. The molecule has 18 heavy (non-hydrogen) atoms. The van der Waals surface area contributed by atoms with Gasteiger partial charge in [0.1, 0.15) is 5.75 Å². The van der Waals surface area contributed by atoms with Crippen molar-refractivity contribution in [2.75, 3.05) is 7.11 Å². The Hall–Kier alpha value is -2.16. The Labute approximate surface area is 106 Å². The van der Waals surface area contributed by atoms with E-state index in [1.807, 2.05) is 18.2 Å². The molecule has 3 heteroatoms. The van der Waals surface area contributed by atoms with Crippen molar-refractivity contribution in [2.24, 2.45) is 0 Å². The normalized spacial score (nSPS) is 10.3. The van der Waals surface area contributed by atoms with Crippen LogP contribution in [-0.2, 0) is 12.8 Å². The minimum Gasteiger partial charge on any atom is -0.508 e. The van der Waals surface area contributed by atoms with E-state index >= 15 is 0 Å². The number of methoxy groups -OCH3 is 1. The van der Waals surface area contributed by atoms with E-state index in [1.54, 1.807) is 24.3 Å². The number of aryl methyl sites for hydroxylation is 2. The molecular weight excluding hydrogens is 228 g/mol. The van der Waals surface area contributed by atoms with Crippen molar-refractivity contribution in [1.82, 2.24) is 0 Å². The van der Waals surface area contributed by atoms with Crippen LogP contribution in [-0.4, -0.2) is 17.3 Å². The largest absolute Gasteiger partial charge is 0.508 e. The molecule has 94 valence electrons. The van der Waals surface area contributed by atoms with Gasteiger partial charge in [-0.1, -0.05) is 24.3 Å². The molecule has 2 N–H and O–H groups in total. The number of phenols is 2. The van der Waals surface area contributed by atoms with Crippen molar-refractivity contribution in [3.63, 3.8) is 0 Å². The second-order valence-electron chi connectivity index (χ2n) is 4.13. The number of ether oxygens (including phenoxy) is 1. The summed E-state index contributed by atoms with van der Waals surface area (Å²) in [7, 11) is 1.52. The van der Waals surface area contributed by atoms with Crippen molar-refractivity contribution in [2.45, 2.75) is 12.8 Å². The number of hydrogen-bond donors (Lipinski definition) is 2. The Balaban J connectivity index is 2.07. The molecular formula is C15H16O3. The molecule has 0 aliphatic heterocycles. The first-order valence-electron chi connectivity index (χ1n) is 5.83. The molecule has 2 aromatic carbocycles. The van der Waals surface area contributed by atoms with Crippen molar-refractivity contribution < 1.29 is 14.9 Å². The molecule has 0 atom stereocenters. The van der Waals surface area contributed by atoms with E-state index in [0.717, 1.165) is 24.0 Å². The van der Waals surface area contributed by atoms with E-state index in [4.69, 9.17) is 4.74 Å². The van der Waals surface area contributed by atoms with E-state index in [-0.39, 0.29) is 5.75 Å². The highest BCUT2D eigenvalue weighted by atomic mass is 16.5. The van der Waals surface area contributed by atoms with Gasteiger partial charge in [0.05, 0.1) is 7.11 Å². The fourth-order valence-corrected chi connectivity index (χ4v) is 1.89. The topological polar surface area (TPSA) is 49.7 Å². The maximum Gasteiger partial charge on any atom is 0.160 e. The number of benzene rings is 2. The second kappa shape index (κ2) is 5.45. The van der Waals surface area contributed by atoms with Gasteiger partial charge in [0.25, 0.3) is 0 Å². The quantitative estimate of drug-likeness (QED) is 0.869. The fourth-order valence-electron chi connectivity index (χ4n) is 1.89. The monoisotopic (exact) mass is 244 g/mol. The fraction of sp³-hybridized carbons (Fsp3) is 0.200. The van der Waals surface area contributed by atoms with E-state index < -0.39 is 0 Å². The molecule has 0 aromatic heterocycles. The zero-order valence-corrected chi connectivity index (χ0v) is 10.3. The summed E-state index contributed by atoms with van der Waals surface area (Å²) >= 11 is 0. The lowest BCUT2D eigenvalue weighted by Gasteiger charge is -2.07. The van der Waals surface area contributed by atoms with Gasteiger partial charge in [-0.3, -0.25) is 0 Å². The van der Waals surface area contributed by atoms with Gasteiger partial charge in [-0.2, -0.15) is 0 Å². The predicted molar refractivity (Wildman–Crippen MR) is 70.2 cm³/mol. The molecule has 0 saturated heterocycles. The number of aromatic hydroxyl groups is 2. The average Bonchev–Trinajstić information content (AvgIpc) is 2.38. The predicted octanol–water partition coefficient (Wildman–Crippen LogP) is 2.89. The van der Waals surface area contributed by atoms with Crippen LogP contribution in [0.25, 0.3) is 0 Å². The average molecular weight is 244 g/mol. The molecule has 0 aliphatic carbocycles. The van der Waals surface area contributed by atoms with Gasteiger partial charge >= 0.3 is 0 Å². The third-order valence-corrected chi connectivity index (χ3v) is 2.92. The summed E-state index contributed by atoms with van der Waals surface area (Å²) in [4.78, 5) is 0. The molecule has 0 fully saturated rings. The van der Waals surface area contributed by atoms with Gasteiger partial charge in [0, 0.05) is 0 Å². The van der Waals surface area contributed by atoms with Crippen molar-refractivity contribution in [1.29, 1.82) is 0 Å². The minimum atomic E-state index is 0.146. The Kier molecular flexibility index (Phi) is 3.72. The van der Waals surface area contributed by atoms with Crippen molar-refractivity contribution in [3.05, 3.63) is 53.6 Å². The van der Waals surface area contributed by atoms with Crippen LogP contribution in [0.4, 0.5) is 0 Å². The van der Waals surface area contributed by atoms with Gasteiger partial charge in [0.2, 0.25) is 0 Å². The number of hydrogen-bond acceptors (Lipinski definition) is 3. The van der Waals surface area contributed by atoms with E-state index in [0.29, 0.717) is 11.5 Å². The molecule has 0 amide bonds. The first-order valence-corrected chi connectivity index (χ1v) is 5.83. The van der Waals surface area contributed by atoms with Crippen LogP contribution in [0.3, 0.4) is 0 Å². The molecule has 2 aromatic rings. The molecule has 0 spiro atoms. The molecule has 0 aliphatic rings. The summed E-state index contributed by atoms with van der Waals surface area (Å²) in [6, 6.07) is 12.6. The number of para-hydroxylation sites is 1. The Morgan fingerprint density at radius 1 is 0.944 bits per heavy atom. The standard InChI is InChI=1S/C15H16O3/c1-18-15-9-7-11(10-14(15)17)6-8-12-4-2-3-5-13(12)16/h2-5,7,9-10,16-17H,6,8H2,1H3. The van der Waals surface area contributed by atoms with Crippen LogP contribution >= 0.6 is 0 Å². The Morgan fingerprint density at radius 2 is 1.72 bits per heavy atom. The van der Waals surface area contributed by atoms with Crippen LogP contribution in [0.5, 0.6) is 17.2 Å². The van der Waals surface area contributed by atoms with E-state index in [2.05, 4.69) is 0 Å². The SMILES string of the molecule is COc1ccc(CCc2ccccc2O)cc1O. The third-order valence-electron chi connectivity index (χ3n) is 2.92. The lowest BCUT2D eigenvalue weighted by molar-refractivity contribution is 0.373. The molecule has 3 nitrogen and oxygen atoms in total. The van der Waals surface area contributed by atoms with Gasteiger partial charge in [-0.05, 0) is 42.2 Å². The molecule has 0 unspecified atom stereocenters. The highest BCUT2D eigenvalue weighted by molar-refractivity contribution is 5.42. The highest BCUT2D eigenvalue weighted by Gasteiger charge is 2.04. The van der Waals surface area contributed by atoms with Crippen LogP contribution in [0.1, 0.15) is 11.1 Å². The number of rotatable bonds is 4. The van der Waals surface area contributed by atoms with Crippen molar-refractivity contribution >= 4 is 0 Å². The zero-order chi connectivity index (χ0) is 13.0. The zero-order valence-electron chi connectivity index (χ0n) is 10.3. The van der Waals surface area contributed by atoms with Crippen LogP contribution in [0, 0.1) is 0 Å². The Morgan fingerprint density at radius 3 is 2.39 bits per heavy atom. The van der Waals surface area contributed by atoms with E-state index in [9.17, 15) is 10.2 Å². The molecule has 0 bridgehead atoms. The molecule has 0 radical (unpaired) electrons. The van der Waals surface area contributed by atoms with Crippen LogP contribution in [0.15, 0.2) is 42.5 Å². The second-order valence-corrected chi connectivity index (χ2v) is 4.13. The maximum atomic E-state index is 9.67. The Bertz CT molecular complexity index is 535. The van der Waals surface area contributed by atoms with Crippen LogP contribution < -0.4 is 4.74 Å². The lowest BCUT2D eigenvalue weighted by Crippen LogP contribution is -1.92. The number of phenolic OH excluding ortho intramolecular Hbond substituents is 2. The smallest absolute Gasteiger partial charge is 0.160 e. The first kappa shape index (κ1) is 12.3. The summed E-state index contributed by atoms with van der Waals surface area (Å²) in [5.74, 6) is 0.934. The summed E-state index contributed by atoms with van der Waals surface area (Å²) < 4.78 is 4.99. The summed E-state index contributed by atoms with van der Waals surface area (Å²) in [5, 5.41) is 19.3. The van der Waals surface area contributed by atoms with Crippen molar-refractivity contribution in [3.8, 4) is 17.2 Å². The summed E-state index contributed by atoms with van der Waals surface area (Å²) in [6.45, 7) is 0. The molecule has 2 rings (SSSR count). The molecule has 0 heterocycles. The van der Waals surface area contributed by atoms with Gasteiger partial charge < -0.3 is 14.9 Å². The summed E-state index contributed by atoms with van der Waals surface area (Å²) in [5.41, 5.74) is 1.92. The van der Waals surface area contributed by atoms with Gasteiger partial charge in [-0.15, -0.1) is 0 Å². The maximum absolute atomic E-state index is 9.67. The van der Waals surface area contributed by atoms with Gasteiger partial charge in [-0.25, -0.2) is 0 Å². The minimum absolute atomic E-state index is 0.146. The van der Waals surface area contributed by atoms with Crippen LogP contribution in [0.2, 0.25) is 0 Å². The first-order chi connectivity index (χ1) is 8.70. The third kappa shape index (κ3) is 2.74. The van der Waals surface area contributed by atoms with Gasteiger partial charge in [0.15, 0.2) is 11.5 Å². The summed E-state index contributed by atoms with van der Waals surface area (Å²) in [6.07, 6.45) is 1.49. The highest BCUT2D eigenvalue weighted by Crippen LogP contribution is 2.27. The lowest BCUT2D eigenvalue weighted by atomic mass is 10.0.